The number of rotatable bonds is 3. The van der Waals surface area contributed by atoms with Crippen LogP contribution in [0.3, 0.4) is 0 Å². The topological polar surface area (TPSA) is 38.9 Å². The molecule has 0 atom stereocenters. The summed E-state index contributed by atoms with van der Waals surface area (Å²) in [5.74, 6) is 1.88. The minimum Gasteiger partial charge on any atom is -0.339 e. The molecule has 1 aliphatic rings. The molecule has 1 fully saturated rings. The highest BCUT2D eigenvalue weighted by molar-refractivity contribution is 6.32. The summed E-state index contributed by atoms with van der Waals surface area (Å²) in [7, 11) is 2.08. The normalized spacial score (nSPS) is 15.1. The second-order valence-electron chi connectivity index (χ2n) is 4.39. The summed E-state index contributed by atoms with van der Waals surface area (Å²) >= 11 is 6.17. The molecule has 2 aromatic rings. The van der Waals surface area contributed by atoms with Gasteiger partial charge in [-0.15, -0.1) is 0 Å². The summed E-state index contributed by atoms with van der Waals surface area (Å²) in [6.45, 7) is 0. The number of benzene rings is 1. The van der Waals surface area contributed by atoms with E-state index in [1.54, 1.807) is 0 Å². The molecule has 1 aromatic carbocycles. The van der Waals surface area contributed by atoms with Crippen LogP contribution in [-0.2, 0) is 6.32 Å². The summed E-state index contributed by atoms with van der Waals surface area (Å²) in [6, 6.07) is 5.92. The smallest absolute Gasteiger partial charge is 0.230 e. The molecule has 1 saturated carbocycles. The van der Waals surface area contributed by atoms with Crippen molar-refractivity contribution in [1.29, 1.82) is 0 Å². The Morgan fingerprint density at radius 3 is 2.88 bits per heavy atom. The molecule has 0 N–H and O–H groups in total. The highest BCUT2D eigenvalue weighted by Gasteiger charge is 2.29. The second kappa shape index (κ2) is 4.19. The lowest BCUT2D eigenvalue weighted by Gasteiger charge is -2.01. The molecular formula is C12H12BClN2O. The Morgan fingerprint density at radius 1 is 1.41 bits per heavy atom. The van der Waals surface area contributed by atoms with Gasteiger partial charge in [0.2, 0.25) is 11.7 Å². The van der Waals surface area contributed by atoms with E-state index < -0.39 is 0 Å². The Kier molecular flexibility index (Phi) is 2.67. The van der Waals surface area contributed by atoms with Crippen molar-refractivity contribution in [2.75, 3.05) is 0 Å². The van der Waals surface area contributed by atoms with E-state index in [4.69, 9.17) is 16.1 Å². The molecule has 0 amide bonds. The van der Waals surface area contributed by atoms with Gasteiger partial charge in [0, 0.05) is 16.5 Å². The maximum Gasteiger partial charge on any atom is 0.230 e. The Balaban J connectivity index is 1.93. The van der Waals surface area contributed by atoms with E-state index in [1.165, 1.54) is 0 Å². The van der Waals surface area contributed by atoms with E-state index in [0.29, 0.717) is 11.7 Å². The van der Waals surface area contributed by atoms with E-state index >= 15 is 0 Å². The largest absolute Gasteiger partial charge is 0.339 e. The van der Waals surface area contributed by atoms with Crippen LogP contribution >= 0.6 is 11.6 Å². The molecule has 0 radical (unpaired) electrons. The second-order valence-corrected chi connectivity index (χ2v) is 4.80. The zero-order valence-electron chi connectivity index (χ0n) is 9.61. The zero-order valence-corrected chi connectivity index (χ0v) is 10.4. The van der Waals surface area contributed by atoms with E-state index in [2.05, 4.69) is 18.0 Å². The van der Waals surface area contributed by atoms with E-state index in [-0.39, 0.29) is 0 Å². The van der Waals surface area contributed by atoms with Gasteiger partial charge < -0.3 is 4.52 Å². The molecule has 86 valence electrons. The van der Waals surface area contributed by atoms with Gasteiger partial charge in [-0.1, -0.05) is 35.2 Å². The predicted molar refractivity (Wildman–Crippen MR) is 69.0 cm³/mol. The molecular weight excluding hydrogens is 234 g/mol. The lowest BCUT2D eigenvalue weighted by molar-refractivity contribution is 0.380. The zero-order chi connectivity index (χ0) is 11.8. The fourth-order valence-corrected chi connectivity index (χ4v) is 2.14. The van der Waals surface area contributed by atoms with Gasteiger partial charge in [0.25, 0.3) is 0 Å². The molecule has 5 heteroatoms. The number of hydrogen-bond donors (Lipinski definition) is 0. The van der Waals surface area contributed by atoms with Crippen molar-refractivity contribution in [3.8, 4) is 11.4 Å². The molecule has 0 bridgehead atoms. The highest BCUT2D eigenvalue weighted by Crippen LogP contribution is 2.39. The van der Waals surface area contributed by atoms with Crippen LogP contribution in [0.4, 0.5) is 0 Å². The summed E-state index contributed by atoms with van der Waals surface area (Å²) in [5, 5.41) is 4.77. The van der Waals surface area contributed by atoms with Gasteiger partial charge in [-0.2, -0.15) is 4.98 Å². The van der Waals surface area contributed by atoms with Crippen molar-refractivity contribution in [3.05, 3.63) is 34.7 Å². The van der Waals surface area contributed by atoms with Gasteiger partial charge >= 0.3 is 0 Å². The average molecular weight is 247 g/mol. The van der Waals surface area contributed by atoms with E-state index in [1.807, 2.05) is 18.2 Å². The summed E-state index contributed by atoms with van der Waals surface area (Å²) < 4.78 is 5.24. The number of aromatic nitrogens is 2. The van der Waals surface area contributed by atoms with Crippen molar-refractivity contribution in [2.45, 2.75) is 25.1 Å². The molecule has 1 heterocycles. The minimum absolute atomic E-state index is 0.488. The van der Waals surface area contributed by atoms with Gasteiger partial charge in [-0.05, 0) is 24.5 Å². The van der Waals surface area contributed by atoms with Gasteiger partial charge in [-0.25, -0.2) is 0 Å². The van der Waals surface area contributed by atoms with Gasteiger partial charge in [-0.3, -0.25) is 0 Å². The predicted octanol–water partition coefficient (Wildman–Crippen LogP) is 2.40. The molecule has 1 aliphatic carbocycles. The Bertz CT molecular complexity index is 551. The van der Waals surface area contributed by atoms with Gasteiger partial charge in [0.15, 0.2) is 0 Å². The Labute approximate surface area is 106 Å². The number of nitrogens with zero attached hydrogens (tertiary/aromatic N) is 2. The van der Waals surface area contributed by atoms with Crippen LogP contribution in [0.5, 0.6) is 0 Å². The first-order valence-corrected chi connectivity index (χ1v) is 6.28. The summed E-state index contributed by atoms with van der Waals surface area (Å²) in [5.41, 5.74) is 2.06. The first-order chi connectivity index (χ1) is 8.28. The van der Waals surface area contributed by atoms with Crippen LogP contribution < -0.4 is 0 Å². The fourth-order valence-electron chi connectivity index (χ4n) is 1.82. The monoisotopic (exact) mass is 246 g/mol. The van der Waals surface area contributed by atoms with Crippen LogP contribution in [0.2, 0.25) is 5.02 Å². The van der Waals surface area contributed by atoms with E-state index in [9.17, 15) is 0 Å². The molecule has 1 aromatic heterocycles. The molecule has 17 heavy (non-hydrogen) atoms. The molecule has 3 nitrogen and oxygen atoms in total. The van der Waals surface area contributed by atoms with Gasteiger partial charge in [0.1, 0.15) is 7.85 Å². The van der Waals surface area contributed by atoms with Crippen LogP contribution in [-0.4, -0.2) is 18.0 Å². The highest BCUT2D eigenvalue weighted by atomic mass is 35.5. The molecule has 0 aliphatic heterocycles. The first kappa shape index (κ1) is 10.8. The third-order valence-electron chi connectivity index (χ3n) is 3.06. The van der Waals surface area contributed by atoms with E-state index in [0.717, 1.165) is 41.2 Å². The Hall–Kier alpha value is -1.29. The quantitative estimate of drug-likeness (QED) is 0.781. The first-order valence-electron chi connectivity index (χ1n) is 5.90. The lowest BCUT2D eigenvalue weighted by Crippen LogP contribution is -1.88. The fraction of sp³-hybridized carbons (Fsp3) is 0.333. The molecule has 0 saturated heterocycles. The third kappa shape index (κ3) is 2.09. The molecule has 0 spiro atoms. The number of hydrogen-bond acceptors (Lipinski definition) is 3. The van der Waals surface area contributed by atoms with Crippen molar-refractivity contribution in [3.63, 3.8) is 0 Å². The van der Waals surface area contributed by atoms with Crippen LogP contribution in [0.25, 0.3) is 11.4 Å². The minimum atomic E-state index is 0.488. The maximum atomic E-state index is 6.17. The van der Waals surface area contributed by atoms with Crippen molar-refractivity contribution in [1.82, 2.24) is 10.1 Å². The van der Waals surface area contributed by atoms with Gasteiger partial charge in [0.05, 0.1) is 0 Å². The summed E-state index contributed by atoms with van der Waals surface area (Å²) in [4.78, 5) is 4.40. The maximum absolute atomic E-state index is 6.17. The van der Waals surface area contributed by atoms with Crippen LogP contribution in [0.1, 0.15) is 30.2 Å². The molecule has 3 rings (SSSR count). The van der Waals surface area contributed by atoms with Crippen LogP contribution in [0, 0.1) is 0 Å². The Morgan fingerprint density at radius 2 is 2.24 bits per heavy atom. The SMILES string of the molecule is BCc1ccc(-c2noc(C3CC3)n2)cc1Cl. The van der Waals surface area contributed by atoms with Crippen molar-refractivity contribution >= 4 is 19.4 Å². The number of halogens is 1. The van der Waals surface area contributed by atoms with Crippen molar-refractivity contribution < 1.29 is 4.52 Å². The standard InChI is InChI=1S/C12H12BClN2O/c13-6-9-4-3-8(5-10(9)14)11-15-12(17-16-11)7-1-2-7/h3-5,7H,1-2,6,13H2. The third-order valence-corrected chi connectivity index (χ3v) is 3.41. The molecule has 0 unspecified atom stereocenters. The lowest BCUT2D eigenvalue weighted by atomic mass is 9.96. The van der Waals surface area contributed by atoms with Crippen molar-refractivity contribution in [2.24, 2.45) is 0 Å². The van der Waals surface area contributed by atoms with Crippen LogP contribution in [0.15, 0.2) is 22.7 Å². The summed E-state index contributed by atoms with van der Waals surface area (Å²) in [6.07, 6.45) is 3.26. The average Bonchev–Trinajstić information content (AvgIpc) is 3.07.